The molecule has 0 aliphatic heterocycles. The van der Waals surface area contributed by atoms with E-state index >= 15 is 0 Å². The maximum atomic E-state index is 14.0. The van der Waals surface area contributed by atoms with E-state index in [-0.39, 0.29) is 11.9 Å². The molecule has 100 valence electrons. The lowest BCUT2D eigenvalue weighted by Gasteiger charge is -2.20. The summed E-state index contributed by atoms with van der Waals surface area (Å²) in [5, 5.41) is 3.35. The number of halogens is 1. The fourth-order valence-electron chi connectivity index (χ4n) is 2.06. The molecule has 0 fully saturated rings. The van der Waals surface area contributed by atoms with E-state index in [1.54, 1.807) is 18.5 Å². The maximum Gasteiger partial charge on any atom is 0.146 e. The zero-order chi connectivity index (χ0) is 13.7. The van der Waals surface area contributed by atoms with Gasteiger partial charge in [-0.1, -0.05) is 13.0 Å². The molecule has 2 rings (SSSR count). The number of pyridine rings is 2. The Morgan fingerprint density at radius 2 is 2.16 bits per heavy atom. The van der Waals surface area contributed by atoms with E-state index < -0.39 is 0 Å². The highest BCUT2D eigenvalue weighted by molar-refractivity contribution is 5.31. The predicted molar refractivity (Wildman–Crippen MR) is 73.3 cm³/mol. The summed E-state index contributed by atoms with van der Waals surface area (Å²) < 4.78 is 14.0. The van der Waals surface area contributed by atoms with E-state index in [2.05, 4.69) is 22.2 Å². The van der Waals surface area contributed by atoms with Crippen molar-refractivity contribution in [2.45, 2.75) is 26.3 Å². The van der Waals surface area contributed by atoms with Gasteiger partial charge in [-0.3, -0.25) is 9.97 Å². The molecule has 0 spiro atoms. The van der Waals surface area contributed by atoms with Gasteiger partial charge in [0.25, 0.3) is 0 Å². The summed E-state index contributed by atoms with van der Waals surface area (Å²) >= 11 is 0. The third-order valence-electron chi connectivity index (χ3n) is 3.04. The molecule has 19 heavy (non-hydrogen) atoms. The third kappa shape index (κ3) is 3.15. The minimum atomic E-state index is -0.304. The lowest BCUT2D eigenvalue weighted by molar-refractivity contribution is 0.534. The van der Waals surface area contributed by atoms with Crippen LogP contribution in [0.3, 0.4) is 0 Å². The predicted octanol–water partition coefficient (Wildman–Crippen LogP) is 3.01. The largest absolute Gasteiger partial charge is 0.305 e. The first-order valence-electron chi connectivity index (χ1n) is 6.48. The van der Waals surface area contributed by atoms with Crippen molar-refractivity contribution in [2.75, 3.05) is 6.54 Å². The maximum absolute atomic E-state index is 14.0. The molecule has 4 heteroatoms. The normalized spacial score (nSPS) is 12.4. The summed E-state index contributed by atoms with van der Waals surface area (Å²) in [5.41, 5.74) is 2.50. The molecule has 3 nitrogen and oxygen atoms in total. The van der Waals surface area contributed by atoms with Gasteiger partial charge in [0.15, 0.2) is 0 Å². The molecule has 2 aromatic rings. The SMILES string of the molecule is CCCNC(c1ccncc1F)c1ncccc1C. The first-order chi connectivity index (χ1) is 9.24. The second kappa shape index (κ2) is 6.38. The first kappa shape index (κ1) is 13.6. The van der Waals surface area contributed by atoms with E-state index in [1.807, 2.05) is 19.1 Å². The quantitative estimate of drug-likeness (QED) is 0.897. The average molecular weight is 259 g/mol. The Kier molecular flexibility index (Phi) is 4.58. The first-order valence-corrected chi connectivity index (χ1v) is 6.48. The summed E-state index contributed by atoms with van der Waals surface area (Å²) in [5.74, 6) is -0.304. The van der Waals surface area contributed by atoms with Gasteiger partial charge in [-0.25, -0.2) is 4.39 Å². The molecule has 1 unspecified atom stereocenters. The highest BCUT2D eigenvalue weighted by Crippen LogP contribution is 2.24. The minimum Gasteiger partial charge on any atom is -0.305 e. The van der Waals surface area contributed by atoms with Crippen molar-refractivity contribution in [3.05, 3.63) is 59.4 Å². The molecule has 0 radical (unpaired) electrons. The number of aromatic nitrogens is 2. The zero-order valence-electron chi connectivity index (χ0n) is 11.2. The van der Waals surface area contributed by atoms with Crippen LogP contribution in [0.4, 0.5) is 4.39 Å². The van der Waals surface area contributed by atoms with Crippen molar-refractivity contribution in [1.82, 2.24) is 15.3 Å². The van der Waals surface area contributed by atoms with Crippen LogP contribution in [0.5, 0.6) is 0 Å². The number of rotatable bonds is 5. The van der Waals surface area contributed by atoms with Crippen LogP contribution in [0.2, 0.25) is 0 Å². The highest BCUT2D eigenvalue weighted by Gasteiger charge is 2.19. The molecule has 0 aliphatic carbocycles. The van der Waals surface area contributed by atoms with Gasteiger partial charge in [-0.2, -0.15) is 0 Å². The van der Waals surface area contributed by atoms with Gasteiger partial charge in [-0.05, 0) is 37.6 Å². The van der Waals surface area contributed by atoms with Gasteiger partial charge < -0.3 is 5.32 Å². The number of nitrogens with zero attached hydrogens (tertiary/aromatic N) is 2. The molecular formula is C15H18FN3. The topological polar surface area (TPSA) is 37.8 Å². The van der Waals surface area contributed by atoms with Crippen LogP contribution in [0.15, 0.2) is 36.8 Å². The Morgan fingerprint density at radius 1 is 1.32 bits per heavy atom. The van der Waals surface area contributed by atoms with Gasteiger partial charge in [0, 0.05) is 18.0 Å². The summed E-state index contributed by atoms with van der Waals surface area (Å²) in [6.45, 7) is 4.88. The molecule has 2 heterocycles. The summed E-state index contributed by atoms with van der Waals surface area (Å²) in [4.78, 5) is 8.20. The van der Waals surface area contributed by atoms with Crippen molar-refractivity contribution < 1.29 is 4.39 Å². The van der Waals surface area contributed by atoms with Gasteiger partial charge in [0.2, 0.25) is 0 Å². The molecule has 2 aromatic heterocycles. The molecule has 0 amide bonds. The zero-order valence-corrected chi connectivity index (χ0v) is 11.2. The number of aryl methyl sites for hydroxylation is 1. The Labute approximate surface area is 112 Å². The lowest BCUT2D eigenvalue weighted by Crippen LogP contribution is -2.25. The van der Waals surface area contributed by atoms with E-state index in [9.17, 15) is 4.39 Å². The fraction of sp³-hybridized carbons (Fsp3) is 0.333. The summed E-state index contributed by atoms with van der Waals surface area (Å²) in [6, 6.07) is 5.35. The summed E-state index contributed by atoms with van der Waals surface area (Å²) in [6.07, 6.45) is 5.57. The highest BCUT2D eigenvalue weighted by atomic mass is 19.1. The van der Waals surface area contributed by atoms with Crippen molar-refractivity contribution in [3.8, 4) is 0 Å². The van der Waals surface area contributed by atoms with Crippen molar-refractivity contribution in [1.29, 1.82) is 0 Å². The Bertz CT molecular complexity index is 497. The molecule has 0 aliphatic rings. The van der Waals surface area contributed by atoms with E-state index in [4.69, 9.17) is 0 Å². The molecule has 0 saturated heterocycles. The summed E-state index contributed by atoms with van der Waals surface area (Å²) in [7, 11) is 0. The van der Waals surface area contributed by atoms with Crippen molar-refractivity contribution in [2.24, 2.45) is 0 Å². The monoisotopic (exact) mass is 259 g/mol. The number of hydrogen-bond acceptors (Lipinski definition) is 3. The van der Waals surface area contributed by atoms with Gasteiger partial charge in [0.05, 0.1) is 17.9 Å². The van der Waals surface area contributed by atoms with E-state index in [1.165, 1.54) is 6.20 Å². The van der Waals surface area contributed by atoms with Crippen LogP contribution < -0.4 is 5.32 Å². The minimum absolute atomic E-state index is 0.232. The Balaban J connectivity index is 2.42. The van der Waals surface area contributed by atoms with Crippen LogP contribution >= 0.6 is 0 Å². The number of nitrogens with one attached hydrogen (secondary N) is 1. The van der Waals surface area contributed by atoms with Crippen LogP contribution in [0, 0.1) is 12.7 Å². The molecule has 1 atom stereocenters. The molecular weight excluding hydrogens is 241 g/mol. The second-order valence-corrected chi connectivity index (χ2v) is 4.49. The van der Waals surface area contributed by atoms with Crippen LogP contribution in [0.25, 0.3) is 0 Å². The molecule has 0 saturated carbocycles. The van der Waals surface area contributed by atoms with Crippen LogP contribution in [0.1, 0.15) is 36.2 Å². The van der Waals surface area contributed by atoms with Crippen molar-refractivity contribution in [3.63, 3.8) is 0 Å². The van der Waals surface area contributed by atoms with Gasteiger partial charge in [0.1, 0.15) is 5.82 Å². The van der Waals surface area contributed by atoms with Crippen LogP contribution in [-0.2, 0) is 0 Å². The molecule has 1 N–H and O–H groups in total. The molecule has 0 bridgehead atoms. The van der Waals surface area contributed by atoms with E-state index in [0.717, 1.165) is 24.2 Å². The Morgan fingerprint density at radius 3 is 2.84 bits per heavy atom. The third-order valence-corrected chi connectivity index (χ3v) is 3.04. The molecule has 0 aromatic carbocycles. The van der Waals surface area contributed by atoms with Crippen LogP contribution in [-0.4, -0.2) is 16.5 Å². The smallest absolute Gasteiger partial charge is 0.146 e. The number of hydrogen-bond donors (Lipinski definition) is 1. The standard InChI is InChI=1S/C15H18FN3/c1-3-7-18-15(12-6-9-17-10-13(12)16)14-11(2)5-4-8-19-14/h4-6,8-10,15,18H,3,7H2,1-2H3. The fourth-order valence-corrected chi connectivity index (χ4v) is 2.06. The van der Waals surface area contributed by atoms with E-state index in [0.29, 0.717) is 5.56 Å². The van der Waals surface area contributed by atoms with Gasteiger partial charge in [-0.15, -0.1) is 0 Å². The second-order valence-electron chi connectivity index (χ2n) is 4.49. The van der Waals surface area contributed by atoms with Gasteiger partial charge >= 0.3 is 0 Å². The Hall–Kier alpha value is -1.81. The lowest BCUT2D eigenvalue weighted by atomic mass is 10.0. The van der Waals surface area contributed by atoms with Crippen molar-refractivity contribution >= 4 is 0 Å². The average Bonchev–Trinajstić information content (AvgIpc) is 2.42.